The van der Waals surface area contributed by atoms with E-state index < -0.39 is 0 Å². The average molecular weight is 216 g/mol. The summed E-state index contributed by atoms with van der Waals surface area (Å²) in [6.07, 6.45) is 6.50. The first-order chi connectivity index (χ1) is 6.64. The van der Waals surface area contributed by atoms with Gasteiger partial charge in [-0.15, -0.1) is 0 Å². The van der Waals surface area contributed by atoms with Gasteiger partial charge >= 0.3 is 0 Å². The first-order valence-electron chi connectivity index (χ1n) is 5.48. The minimum atomic E-state index is 0.304. The number of hydrogen-bond donors (Lipinski definition) is 1. The van der Waals surface area contributed by atoms with E-state index in [2.05, 4.69) is 32.0 Å². The van der Waals surface area contributed by atoms with Gasteiger partial charge in [0, 0.05) is 11.2 Å². The van der Waals surface area contributed by atoms with Crippen LogP contribution in [0.25, 0.3) is 0 Å². The van der Waals surface area contributed by atoms with Crippen LogP contribution in [0.3, 0.4) is 0 Å². The maximum Gasteiger partial charge on any atom is 0.0937 e. The Labute approximate surface area is 92.7 Å². The molecule has 0 aromatic heterocycles. The zero-order chi connectivity index (χ0) is 11.0. The number of nitrogens with two attached hydrogens (primary N) is 1. The quantitative estimate of drug-likeness (QED) is 0.524. The number of nitrogens with zero attached hydrogens (tertiary/aromatic N) is 1. The average Bonchev–Trinajstić information content (AvgIpc) is 2.21. The first-order valence-corrected chi connectivity index (χ1v) is 6.70. The van der Waals surface area contributed by atoms with Gasteiger partial charge in [0.25, 0.3) is 0 Å². The van der Waals surface area contributed by atoms with Gasteiger partial charge in [-0.1, -0.05) is 20.8 Å². The van der Waals surface area contributed by atoms with Crippen LogP contribution in [-0.2, 0) is 0 Å². The predicted molar refractivity (Wildman–Crippen MR) is 68.2 cm³/mol. The third-order valence-corrected chi connectivity index (χ3v) is 4.37. The first kappa shape index (κ1) is 13.8. The molecule has 0 aromatic rings. The Morgan fingerprint density at radius 1 is 1.29 bits per heavy atom. The van der Waals surface area contributed by atoms with E-state index in [0.29, 0.717) is 4.75 Å². The lowest BCUT2D eigenvalue weighted by Crippen LogP contribution is -2.28. The summed E-state index contributed by atoms with van der Waals surface area (Å²) in [4.78, 5) is 4.47. The molecule has 2 nitrogen and oxygen atoms in total. The van der Waals surface area contributed by atoms with Gasteiger partial charge in [-0.05, 0) is 25.5 Å². The van der Waals surface area contributed by atoms with E-state index in [1.165, 1.54) is 0 Å². The van der Waals surface area contributed by atoms with Crippen LogP contribution in [0.1, 0.15) is 46.5 Å². The van der Waals surface area contributed by atoms with E-state index in [1.54, 1.807) is 0 Å². The third kappa shape index (κ3) is 4.36. The molecule has 0 saturated carbocycles. The number of amidine groups is 1. The standard InChI is InChI=1S/C11H24N2S/c1-5-8-10(12)13-9-11(6-2,7-3)14-4/h5-9H2,1-4H3,(H2,12,13). The topological polar surface area (TPSA) is 38.4 Å². The fourth-order valence-corrected chi connectivity index (χ4v) is 2.18. The van der Waals surface area contributed by atoms with Crippen LogP contribution in [0.2, 0.25) is 0 Å². The van der Waals surface area contributed by atoms with Crippen LogP contribution in [0.5, 0.6) is 0 Å². The molecule has 0 saturated heterocycles. The molecule has 14 heavy (non-hydrogen) atoms. The number of thioether (sulfide) groups is 1. The summed E-state index contributed by atoms with van der Waals surface area (Å²) in [7, 11) is 0. The molecular formula is C11H24N2S. The fraction of sp³-hybridized carbons (Fsp3) is 0.909. The van der Waals surface area contributed by atoms with Gasteiger partial charge < -0.3 is 5.73 Å². The summed E-state index contributed by atoms with van der Waals surface area (Å²) < 4.78 is 0.304. The Hall–Kier alpha value is -0.180. The molecule has 84 valence electrons. The second-order valence-corrected chi connectivity index (χ2v) is 4.93. The maximum atomic E-state index is 5.80. The zero-order valence-electron chi connectivity index (χ0n) is 9.97. The van der Waals surface area contributed by atoms with Crippen LogP contribution in [0.4, 0.5) is 0 Å². The number of hydrogen-bond acceptors (Lipinski definition) is 2. The Balaban J connectivity index is 4.23. The molecule has 0 aliphatic rings. The zero-order valence-corrected chi connectivity index (χ0v) is 10.8. The molecule has 0 aromatic carbocycles. The van der Waals surface area contributed by atoms with Gasteiger partial charge in [-0.3, -0.25) is 4.99 Å². The van der Waals surface area contributed by atoms with Gasteiger partial charge in [-0.2, -0.15) is 11.8 Å². The largest absolute Gasteiger partial charge is 0.387 e. The lowest BCUT2D eigenvalue weighted by atomic mass is 10.0. The molecule has 0 rings (SSSR count). The second kappa shape index (κ2) is 7.16. The molecule has 0 fully saturated rings. The summed E-state index contributed by atoms with van der Waals surface area (Å²) in [6.45, 7) is 7.45. The smallest absolute Gasteiger partial charge is 0.0937 e. The minimum absolute atomic E-state index is 0.304. The van der Waals surface area contributed by atoms with E-state index in [1.807, 2.05) is 11.8 Å². The molecule has 0 bridgehead atoms. The van der Waals surface area contributed by atoms with Crippen molar-refractivity contribution in [1.82, 2.24) is 0 Å². The van der Waals surface area contributed by atoms with Crippen molar-refractivity contribution in [2.45, 2.75) is 51.2 Å². The summed E-state index contributed by atoms with van der Waals surface area (Å²) in [6, 6.07) is 0. The van der Waals surface area contributed by atoms with Gasteiger partial charge in [0.05, 0.1) is 12.4 Å². The number of aliphatic imine (C=N–C) groups is 1. The van der Waals surface area contributed by atoms with Crippen molar-refractivity contribution in [1.29, 1.82) is 0 Å². The van der Waals surface area contributed by atoms with Gasteiger partial charge in [0.1, 0.15) is 0 Å². The monoisotopic (exact) mass is 216 g/mol. The van der Waals surface area contributed by atoms with Crippen molar-refractivity contribution in [3.8, 4) is 0 Å². The summed E-state index contributed by atoms with van der Waals surface area (Å²) >= 11 is 1.91. The Bertz CT molecular complexity index is 166. The van der Waals surface area contributed by atoms with E-state index >= 15 is 0 Å². The summed E-state index contributed by atoms with van der Waals surface area (Å²) in [5, 5.41) is 0. The molecule has 0 atom stereocenters. The van der Waals surface area contributed by atoms with E-state index in [4.69, 9.17) is 5.73 Å². The molecule has 0 spiro atoms. The van der Waals surface area contributed by atoms with Crippen LogP contribution >= 0.6 is 11.8 Å². The Morgan fingerprint density at radius 3 is 2.21 bits per heavy atom. The van der Waals surface area contributed by atoms with E-state index in [0.717, 1.165) is 38.1 Å². The van der Waals surface area contributed by atoms with E-state index in [-0.39, 0.29) is 0 Å². The van der Waals surface area contributed by atoms with Gasteiger partial charge in [-0.25, -0.2) is 0 Å². The van der Waals surface area contributed by atoms with Crippen molar-refractivity contribution in [2.75, 3.05) is 12.8 Å². The molecule has 0 aliphatic heterocycles. The van der Waals surface area contributed by atoms with Crippen LogP contribution in [0, 0.1) is 0 Å². The normalized spacial score (nSPS) is 13.3. The molecular weight excluding hydrogens is 192 g/mol. The molecule has 0 radical (unpaired) electrons. The Morgan fingerprint density at radius 2 is 1.86 bits per heavy atom. The number of rotatable bonds is 7. The van der Waals surface area contributed by atoms with Crippen LogP contribution in [-0.4, -0.2) is 23.4 Å². The lowest BCUT2D eigenvalue weighted by molar-refractivity contribution is 0.560. The highest BCUT2D eigenvalue weighted by atomic mass is 32.2. The van der Waals surface area contributed by atoms with Crippen LogP contribution < -0.4 is 5.73 Å². The van der Waals surface area contributed by atoms with Crippen molar-refractivity contribution in [3.63, 3.8) is 0 Å². The molecule has 2 N–H and O–H groups in total. The highest BCUT2D eigenvalue weighted by molar-refractivity contribution is 8.00. The maximum absolute atomic E-state index is 5.80. The van der Waals surface area contributed by atoms with Crippen molar-refractivity contribution in [2.24, 2.45) is 10.7 Å². The fourth-order valence-electron chi connectivity index (χ4n) is 1.41. The lowest BCUT2D eigenvalue weighted by Gasteiger charge is -2.27. The SMILES string of the molecule is CCCC(N)=NCC(CC)(CC)SC. The van der Waals surface area contributed by atoms with Crippen LogP contribution in [0.15, 0.2) is 4.99 Å². The van der Waals surface area contributed by atoms with Gasteiger partial charge in [0.15, 0.2) is 0 Å². The summed E-state index contributed by atoms with van der Waals surface area (Å²) in [5.74, 6) is 0.813. The third-order valence-electron chi connectivity index (χ3n) is 2.80. The Kier molecular flexibility index (Phi) is 7.06. The molecule has 0 amide bonds. The van der Waals surface area contributed by atoms with Crippen molar-refractivity contribution in [3.05, 3.63) is 0 Å². The summed E-state index contributed by atoms with van der Waals surface area (Å²) in [5.41, 5.74) is 5.80. The van der Waals surface area contributed by atoms with E-state index in [9.17, 15) is 0 Å². The molecule has 0 aliphatic carbocycles. The van der Waals surface area contributed by atoms with Crippen molar-refractivity contribution >= 4 is 17.6 Å². The highest BCUT2D eigenvalue weighted by Gasteiger charge is 2.24. The second-order valence-electron chi connectivity index (χ2n) is 3.65. The van der Waals surface area contributed by atoms with Gasteiger partial charge in [0.2, 0.25) is 0 Å². The molecule has 0 unspecified atom stereocenters. The molecule has 0 heterocycles. The highest BCUT2D eigenvalue weighted by Crippen LogP contribution is 2.30. The van der Waals surface area contributed by atoms with Crippen molar-refractivity contribution < 1.29 is 0 Å². The minimum Gasteiger partial charge on any atom is -0.387 e. The predicted octanol–water partition coefficient (Wildman–Crippen LogP) is 3.07. The molecule has 3 heteroatoms.